The number of Topliss-reactive ketones (excluding diaryl/α,β-unsaturated/α-hetero) is 1. The van der Waals surface area contributed by atoms with Gasteiger partial charge in [0.25, 0.3) is 0 Å². The zero-order chi connectivity index (χ0) is 20.1. The molecule has 0 atom stereocenters. The molecule has 2 aromatic rings. The van der Waals surface area contributed by atoms with Crippen molar-refractivity contribution in [1.29, 1.82) is 0 Å². The van der Waals surface area contributed by atoms with Gasteiger partial charge in [-0.1, -0.05) is 5.16 Å². The number of rotatable bonds is 7. The number of likely N-dealkylation sites (tertiary alicyclic amines) is 1. The number of methoxy groups -OCH3 is 2. The fourth-order valence-corrected chi connectivity index (χ4v) is 3.31. The van der Waals surface area contributed by atoms with Crippen molar-refractivity contribution < 1.29 is 23.6 Å². The standard InChI is InChI=1S/C20H25N3O5/c1-13(24)4-7-18(25)23-10-8-14(9-11-23)20-21-19(22-28-20)15-5-6-16(26-2)17(12-15)27-3/h5-6,12,14H,4,7-11H2,1-3H3. The Morgan fingerprint density at radius 1 is 1.14 bits per heavy atom. The molecule has 0 N–H and O–H groups in total. The van der Waals surface area contributed by atoms with Crippen molar-refractivity contribution in [2.24, 2.45) is 0 Å². The van der Waals surface area contributed by atoms with Crippen LogP contribution in [0.5, 0.6) is 11.5 Å². The van der Waals surface area contributed by atoms with Gasteiger partial charge >= 0.3 is 0 Å². The van der Waals surface area contributed by atoms with E-state index in [-0.39, 0.29) is 24.0 Å². The molecule has 1 amide bonds. The van der Waals surface area contributed by atoms with Gasteiger partial charge in [-0.15, -0.1) is 0 Å². The van der Waals surface area contributed by atoms with Gasteiger partial charge in [-0.3, -0.25) is 4.79 Å². The van der Waals surface area contributed by atoms with Crippen LogP contribution < -0.4 is 9.47 Å². The molecule has 1 aromatic carbocycles. The van der Waals surface area contributed by atoms with E-state index in [0.717, 1.165) is 18.4 Å². The number of piperidine rings is 1. The summed E-state index contributed by atoms with van der Waals surface area (Å²) in [6.45, 7) is 2.77. The van der Waals surface area contributed by atoms with Crippen LogP contribution in [0.25, 0.3) is 11.4 Å². The van der Waals surface area contributed by atoms with Crippen LogP contribution in [0.1, 0.15) is 44.4 Å². The summed E-state index contributed by atoms with van der Waals surface area (Å²) >= 11 is 0. The van der Waals surface area contributed by atoms with Crippen LogP contribution in [0.2, 0.25) is 0 Å². The Labute approximate surface area is 163 Å². The highest BCUT2D eigenvalue weighted by Crippen LogP contribution is 2.33. The molecule has 28 heavy (non-hydrogen) atoms. The molecule has 1 aliphatic rings. The van der Waals surface area contributed by atoms with Gasteiger partial charge in [0.15, 0.2) is 11.5 Å². The van der Waals surface area contributed by atoms with E-state index in [4.69, 9.17) is 14.0 Å². The van der Waals surface area contributed by atoms with Gasteiger partial charge in [-0.05, 0) is 38.0 Å². The molecular weight excluding hydrogens is 362 g/mol. The first-order valence-electron chi connectivity index (χ1n) is 9.35. The summed E-state index contributed by atoms with van der Waals surface area (Å²) in [7, 11) is 3.16. The predicted octanol–water partition coefficient (Wildman–Crippen LogP) is 2.83. The van der Waals surface area contributed by atoms with Crippen molar-refractivity contribution >= 4 is 11.7 Å². The van der Waals surface area contributed by atoms with Gasteiger partial charge in [0.05, 0.1) is 14.2 Å². The zero-order valence-corrected chi connectivity index (χ0v) is 16.4. The van der Waals surface area contributed by atoms with E-state index in [9.17, 15) is 9.59 Å². The molecule has 8 nitrogen and oxygen atoms in total. The zero-order valence-electron chi connectivity index (χ0n) is 16.4. The summed E-state index contributed by atoms with van der Waals surface area (Å²) in [5.41, 5.74) is 0.782. The van der Waals surface area contributed by atoms with E-state index in [1.54, 1.807) is 20.3 Å². The predicted molar refractivity (Wildman–Crippen MR) is 101 cm³/mol. The molecule has 0 unspecified atom stereocenters. The Hall–Kier alpha value is -2.90. The van der Waals surface area contributed by atoms with E-state index in [1.165, 1.54) is 6.92 Å². The van der Waals surface area contributed by atoms with Crippen molar-refractivity contribution in [2.45, 2.75) is 38.5 Å². The van der Waals surface area contributed by atoms with Crippen molar-refractivity contribution in [3.63, 3.8) is 0 Å². The largest absolute Gasteiger partial charge is 0.493 e. The van der Waals surface area contributed by atoms with Crippen LogP contribution in [0.15, 0.2) is 22.7 Å². The second-order valence-corrected chi connectivity index (χ2v) is 6.88. The van der Waals surface area contributed by atoms with Crippen LogP contribution >= 0.6 is 0 Å². The molecule has 3 rings (SSSR count). The van der Waals surface area contributed by atoms with Gasteiger partial charge in [-0.2, -0.15) is 4.98 Å². The highest BCUT2D eigenvalue weighted by atomic mass is 16.5. The number of nitrogens with zero attached hydrogens (tertiary/aromatic N) is 3. The summed E-state index contributed by atoms with van der Waals surface area (Å²) in [6.07, 6.45) is 2.11. The third kappa shape index (κ3) is 4.49. The van der Waals surface area contributed by atoms with E-state index >= 15 is 0 Å². The molecular formula is C20H25N3O5. The first kappa shape index (κ1) is 19.9. The smallest absolute Gasteiger partial charge is 0.230 e. The third-order valence-corrected chi connectivity index (χ3v) is 4.97. The number of benzene rings is 1. The highest BCUT2D eigenvalue weighted by Gasteiger charge is 2.27. The third-order valence-electron chi connectivity index (χ3n) is 4.97. The summed E-state index contributed by atoms with van der Waals surface area (Å²) in [5.74, 6) is 2.51. The molecule has 0 saturated carbocycles. The van der Waals surface area contributed by atoms with Gasteiger partial charge in [0, 0.05) is 37.4 Å². The lowest BCUT2D eigenvalue weighted by molar-refractivity contribution is -0.134. The lowest BCUT2D eigenvalue weighted by Gasteiger charge is -2.30. The van der Waals surface area contributed by atoms with Gasteiger partial charge in [-0.25, -0.2) is 0 Å². The number of hydrogen-bond donors (Lipinski definition) is 0. The fraction of sp³-hybridized carbons (Fsp3) is 0.500. The molecule has 2 heterocycles. The van der Waals surface area contributed by atoms with Crippen molar-refractivity contribution in [3.8, 4) is 22.9 Å². The van der Waals surface area contributed by atoms with Crippen molar-refractivity contribution in [1.82, 2.24) is 15.0 Å². The highest BCUT2D eigenvalue weighted by molar-refractivity contribution is 5.83. The monoisotopic (exact) mass is 387 g/mol. The maximum atomic E-state index is 12.1. The van der Waals surface area contributed by atoms with Crippen molar-refractivity contribution in [2.75, 3.05) is 27.3 Å². The topological polar surface area (TPSA) is 94.8 Å². The van der Waals surface area contributed by atoms with Crippen LogP contribution in [0.4, 0.5) is 0 Å². The van der Waals surface area contributed by atoms with Crippen molar-refractivity contribution in [3.05, 3.63) is 24.1 Å². The first-order chi connectivity index (χ1) is 13.5. The molecule has 0 bridgehead atoms. The van der Waals surface area contributed by atoms with E-state index in [2.05, 4.69) is 10.1 Å². The summed E-state index contributed by atoms with van der Waals surface area (Å²) in [5, 5.41) is 4.10. The Bertz CT molecular complexity index is 840. The molecule has 1 aliphatic heterocycles. The lowest BCUT2D eigenvalue weighted by atomic mass is 9.96. The number of ether oxygens (including phenoxy) is 2. The molecule has 150 valence electrons. The van der Waals surface area contributed by atoms with E-state index in [0.29, 0.717) is 42.7 Å². The Balaban J connectivity index is 1.62. The first-order valence-corrected chi connectivity index (χ1v) is 9.35. The Morgan fingerprint density at radius 3 is 2.50 bits per heavy atom. The molecule has 1 aromatic heterocycles. The van der Waals surface area contributed by atoms with Gasteiger partial charge < -0.3 is 23.7 Å². The van der Waals surface area contributed by atoms with Crippen LogP contribution in [0, 0.1) is 0 Å². The molecule has 1 fully saturated rings. The molecule has 8 heteroatoms. The minimum absolute atomic E-state index is 0.0326. The minimum Gasteiger partial charge on any atom is -0.493 e. The second kappa shape index (κ2) is 8.86. The van der Waals surface area contributed by atoms with Crippen LogP contribution in [0.3, 0.4) is 0 Å². The minimum atomic E-state index is 0.0326. The molecule has 0 spiro atoms. The fourth-order valence-electron chi connectivity index (χ4n) is 3.31. The SMILES string of the molecule is COc1ccc(-c2noc(C3CCN(C(=O)CCC(C)=O)CC3)n2)cc1OC. The normalized spacial score (nSPS) is 14.8. The number of aromatic nitrogens is 2. The average Bonchev–Trinajstić information content (AvgIpc) is 3.21. The van der Waals surface area contributed by atoms with Crippen LogP contribution in [-0.4, -0.2) is 54.0 Å². The second-order valence-electron chi connectivity index (χ2n) is 6.88. The maximum Gasteiger partial charge on any atom is 0.230 e. The molecule has 0 aliphatic carbocycles. The number of ketones is 1. The van der Waals surface area contributed by atoms with E-state index < -0.39 is 0 Å². The average molecular weight is 387 g/mol. The number of carbonyl (C=O) groups excluding carboxylic acids is 2. The number of carbonyl (C=O) groups is 2. The quantitative estimate of drug-likeness (QED) is 0.721. The van der Waals surface area contributed by atoms with Crippen LogP contribution in [-0.2, 0) is 9.59 Å². The summed E-state index contributed by atoms with van der Waals surface area (Å²) in [6, 6.07) is 5.46. The van der Waals surface area contributed by atoms with Gasteiger partial charge in [0.1, 0.15) is 5.78 Å². The lowest BCUT2D eigenvalue weighted by Crippen LogP contribution is -2.38. The van der Waals surface area contributed by atoms with Gasteiger partial charge in [0.2, 0.25) is 17.6 Å². The summed E-state index contributed by atoms with van der Waals surface area (Å²) in [4.78, 5) is 29.6. The number of amides is 1. The molecule has 0 radical (unpaired) electrons. The Kier molecular flexibility index (Phi) is 6.28. The maximum absolute atomic E-state index is 12.1. The summed E-state index contributed by atoms with van der Waals surface area (Å²) < 4.78 is 16.0. The molecule has 1 saturated heterocycles. The number of hydrogen-bond acceptors (Lipinski definition) is 7. The van der Waals surface area contributed by atoms with E-state index in [1.807, 2.05) is 17.0 Å². The Morgan fingerprint density at radius 2 is 1.86 bits per heavy atom.